The number of nitrogens with zero attached hydrogens (tertiary/aromatic N) is 3. The minimum Gasteiger partial charge on any atom is -0.379 e. The van der Waals surface area contributed by atoms with Crippen LogP contribution in [0, 0.1) is 5.82 Å². The molecule has 1 fully saturated rings. The van der Waals surface area contributed by atoms with Crippen molar-refractivity contribution >= 4 is 11.6 Å². The summed E-state index contributed by atoms with van der Waals surface area (Å²) in [6.45, 7) is 3.19. The molecule has 3 aromatic rings. The monoisotopic (exact) mass is 419 g/mol. The number of halogens is 1. The minimum absolute atomic E-state index is 0.107. The van der Waals surface area contributed by atoms with Crippen LogP contribution in [-0.2, 0) is 17.9 Å². The number of aromatic nitrogens is 2. The van der Waals surface area contributed by atoms with Gasteiger partial charge in [-0.3, -0.25) is 9.69 Å². The Kier molecular flexibility index (Phi) is 5.19. The Balaban J connectivity index is 1.25. The molecule has 1 spiro atoms. The molecule has 1 saturated heterocycles. The number of amides is 1. The van der Waals surface area contributed by atoms with Crippen LogP contribution in [0.2, 0.25) is 0 Å². The van der Waals surface area contributed by atoms with Crippen LogP contribution >= 0.6 is 0 Å². The van der Waals surface area contributed by atoms with E-state index in [1.807, 2.05) is 24.5 Å². The Bertz CT molecular complexity index is 1070. The van der Waals surface area contributed by atoms with Crippen LogP contribution in [0.5, 0.6) is 0 Å². The topological polar surface area (TPSA) is 62.2 Å². The fraction of sp³-hybridized carbons (Fsp3) is 0.333. The van der Waals surface area contributed by atoms with Crippen LogP contribution in [0.1, 0.15) is 30.4 Å². The zero-order valence-corrected chi connectivity index (χ0v) is 17.4. The molecule has 3 heterocycles. The fourth-order valence-corrected chi connectivity index (χ4v) is 4.57. The number of likely N-dealkylation sites (tertiary alicyclic amines) is 1. The number of carbonyl (C=O) groups is 1. The second-order valence-electron chi connectivity index (χ2n) is 8.56. The molecular formula is C24H26FN5O. The van der Waals surface area contributed by atoms with E-state index in [0.717, 1.165) is 55.0 Å². The largest absolute Gasteiger partial charge is 0.379 e. The number of anilines is 1. The van der Waals surface area contributed by atoms with E-state index in [-0.39, 0.29) is 17.3 Å². The number of fused-ring (bicyclic) bond motifs is 1. The van der Waals surface area contributed by atoms with E-state index in [2.05, 4.69) is 32.8 Å². The molecule has 0 saturated carbocycles. The summed E-state index contributed by atoms with van der Waals surface area (Å²) in [6.07, 6.45) is 6.17. The summed E-state index contributed by atoms with van der Waals surface area (Å²) in [5, 5.41) is 11.2. The number of hydrogen-bond acceptors (Lipinski definition) is 4. The Hall–Kier alpha value is -3.19. The van der Waals surface area contributed by atoms with Gasteiger partial charge in [-0.05, 0) is 48.7 Å². The average molecular weight is 420 g/mol. The standard InChI is InChI=1S/C24H26FN5O/c25-20-5-7-21(8-6-20)30-17-18(14-27-30)16-29-11-9-24(10-12-29)13-23(31)26-15-19-3-1-2-4-22(19)28-24/h1-8,14,17,28H,9-13,15-16H2,(H,26,31). The van der Waals surface area contributed by atoms with Gasteiger partial charge in [0.15, 0.2) is 0 Å². The zero-order valence-electron chi connectivity index (χ0n) is 17.4. The number of para-hydroxylation sites is 1. The van der Waals surface area contributed by atoms with Crippen molar-refractivity contribution in [2.45, 2.75) is 37.9 Å². The van der Waals surface area contributed by atoms with Crippen molar-refractivity contribution < 1.29 is 9.18 Å². The molecule has 31 heavy (non-hydrogen) atoms. The first kappa shape index (κ1) is 19.8. The second-order valence-corrected chi connectivity index (χ2v) is 8.56. The van der Waals surface area contributed by atoms with E-state index in [0.29, 0.717) is 13.0 Å². The van der Waals surface area contributed by atoms with Gasteiger partial charge in [-0.15, -0.1) is 0 Å². The van der Waals surface area contributed by atoms with Gasteiger partial charge >= 0.3 is 0 Å². The maximum absolute atomic E-state index is 13.2. The van der Waals surface area contributed by atoms with Crippen molar-refractivity contribution in [1.29, 1.82) is 0 Å². The first-order valence-electron chi connectivity index (χ1n) is 10.7. The van der Waals surface area contributed by atoms with E-state index in [1.165, 1.54) is 12.1 Å². The fourth-order valence-electron chi connectivity index (χ4n) is 4.57. The van der Waals surface area contributed by atoms with Crippen LogP contribution in [-0.4, -0.2) is 39.2 Å². The molecule has 5 rings (SSSR count). The first-order chi connectivity index (χ1) is 15.1. The van der Waals surface area contributed by atoms with Crippen molar-refractivity contribution in [2.75, 3.05) is 18.4 Å². The first-order valence-corrected chi connectivity index (χ1v) is 10.7. The highest BCUT2D eigenvalue weighted by molar-refractivity contribution is 5.79. The highest BCUT2D eigenvalue weighted by Crippen LogP contribution is 2.33. The predicted molar refractivity (Wildman–Crippen MR) is 117 cm³/mol. The summed E-state index contributed by atoms with van der Waals surface area (Å²) in [5.41, 5.74) is 4.00. The third-order valence-electron chi connectivity index (χ3n) is 6.34. The molecule has 2 aliphatic heterocycles. The van der Waals surface area contributed by atoms with Gasteiger partial charge in [-0.25, -0.2) is 9.07 Å². The molecule has 2 N–H and O–H groups in total. The van der Waals surface area contributed by atoms with E-state index >= 15 is 0 Å². The molecule has 160 valence electrons. The van der Waals surface area contributed by atoms with Crippen LogP contribution < -0.4 is 10.6 Å². The molecule has 0 bridgehead atoms. The summed E-state index contributed by atoms with van der Waals surface area (Å²) in [7, 11) is 0. The molecule has 0 radical (unpaired) electrons. The van der Waals surface area contributed by atoms with Crippen LogP contribution in [0.4, 0.5) is 10.1 Å². The molecule has 7 heteroatoms. The SMILES string of the molecule is O=C1CC2(CCN(Cc3cnn(-c4ccc(F)cc4)c3)CC2)Nc2ccccc2CN1. The molecule has 0 unspecified atom stereocenters. The molecule has 0 aliphatic carbocycles. The number of rotatable bonds is 3. The summed E-state index contributed by atoms with van der Waals surface area (Å²) in [4.78, 5) is 14.9. The van der Waals surface area contributed by atoms with E-state index < -0.39 is 0 Å². The maximum atomic E-state index is 13.2. The lowest BCUT2D eigenvalue weighted by atomic mass is 9.82. The van der Waals surface area contributed by atoms with Crippen molar-refractivity contribution in [3.63, 3.8) is 0 Å². The molecule has 0 atom stereocenters. The van der Waals surface area contributed by atoms with Crippen molar-refractivity contribution in [1.82, 2.24) is 20.0 Å². The number of nitrogens with one attached hydrogen (secondary N) is 2. The molecule has 1 amide bonds. The second kappa shape index (κ2) is 8.15. The van der Waals surface area contributed by atoms with E-state index in [9.17, 15) is 9.18 Å². The third kappa shape index (κ3) is 4.32. The van der Waals surface area contributed by atoms with Crippen LogP contribution in [0.25, 0.3) is 5.69 Å². The van der Waals surface area contributed by atoms with Gasteiger partial charge in [0.1, 0.15) is 5.82 Å². The maximum Gasteiger partial charge on any atom is 0.222 e. The van der Waals surface area contributed by atoms with Gasteiger partial charge in [-0.2, -0.15) is 5.10 Å². The molecule has 1 aromatic heterocycles. The van der Waals surface area contributed by atoms with Gasteiger partial charge in [0, 0.05) is 55.6 Å². The predicted octanol–water partition coefficient (Wildman–Crippen LogP) is 3.48. The Morgan fingerprint density at radius 1 is 1.06 bits per heavy atom. The van der Waals surface area contributed by atoms with Crippen molar-refractivity contribution in [2.24, 2.45) is 0 Å². The normalized spacial score (nSPS) is 18.5. The average Bonchev–Trinajstić information content (AvgIpc) is 3.23. The number of piperidine rings is 1. The van der Waals surface area contributed by atoms with Gasteiger partial charge in [0.2, 0.25) is 5.91 Å². The Morgan fingerprint density at radius 2 is 1.84 bits per heavy atom. The van der Waals surface area contributed by atoms with Crippen LogP contribution in [0.3, 0.4) is 0 Å². The highest BCUT2D eigenvalue weighted by atomic mass is 19.1. The van der Waals surface area contributed by atoms with E-state index in [1.54, 1.807) is 16.8 Å². The Labute approximate surface area is 181 Å². The van der Waals surface area contributed by atoms with E-state index in [4.69, 9.17) is 0 Å². The molecule has 6 nitrogen and oxygen atoms in total. The lowest BCUT2D eigenvalue weighted by Gasteiger charge is -2.44. The summed E-state index contributed by atoms with van der Waals surface area (Å²) < 4.78 is 14.9. The van der Waals surface area contributed by atoms with Gasteiger partial charge in [0.25, 0.3) is 0 Å². The highest BCUT2D eigenvalue weighted by Gasteiger charge is 2.37. The third-order valence-corrected chi connectivity index (χ3v) is 6.34. The minimum atomic E-state index is -0.252. The lowest BCUT2D eigenvalue weighted by Crippen LogP contribution is -2.52. The van der Waals surface area contributed by atoms with Crippen LogP contribution in [0.15, 0.2) is 60.9 Å². The lowest BCUT2D eigenvalue weighted by molar-refractivity contribution is -0.122. The van der Waals surface area contributed by atoms with Gasteiger partial charge in [0.05, 0.1) is 11.9 Å². The number of benzene rings is 2. The quantitative estimate of drug-likeness (QED) is 0.682. The van der Waals surface area contributed by atoms with Crippen molar-refractivity contribution in [3.8, 4) is 5.69 Å². The number of carbonyl (C=O) groups excluding carboxylic acids is 1. The summed E-state index contributed by atoms with van der Waals surface area (Å²) >= 11 is 0. The van der Waals surface area contributed by atoms with Crippen molar-refractivity contribution in [3.05, 3.63) is 77.9 Å². The van der Waals surface area contributed by atoms with Gasteiger partial charge in [-0.1, -0.05) is 18.2 Å². The number of hydrogen-bond donors (Lipinski definition) is 2. The smallest absolute Gasteiger partial charge is 0.222 e. The molecular weight excluding hydrogens is 393 g/mol. The molecule has 2 aliphatic rings. The zero-order chi connectivity index (χ0) is 21.3. The summed E-state index contributed by atoms with van der Waals surface area (Å²) in [6, 6.07) is 14.5. The Morgan fingerprint density at radius 3 is 2.65 bits per heavy atom. The summed E-state index contributed by atoms with van der Waals surface area (Å²) in [5.74, 6) is -0.145. The molecule has 2 aromatic carbocycles. The van der Waals surface area contributed by atoms with Gasteiger partial charge < -0.3 is 10.6 Å².